The minimum atomic E-state index is 0.0995. The zero-order valence-electron chi connectivity index (χ0n) is 17.0. The van der Waals surface area contributed by atoms with Gasteiger partial charge in [0.15, 0.2) is 0 Å². The second-order valence-electron chi connectivity index (χ2n) is 8.51. The van der Waals surface area contributed by atoms with Gasteiger partial charge in [-0.25, -0.2) is 0 Å². The highest BCUT2D eigenvalue weighted by Crippen LogP contribution is 2.17. The maximum Gasteiger partial charge on any atom is 0.222 e. The summed E-state index contributed by atoms with van der Waals surface area (Å²) in [6.45, 7) is 19.2. The standard InChI is InChI=1S/C20H40N4O/c1-17(2)20(25)21-16-19-6-10-22(11-7-19)8-5-9-23-12-14-24(15-13-23)18(3)4/h17-19H,5-16H2,1-4H3,(H,21,25). The first-order chi connectivity index (χ1) is 12.0. The predicted octanol–water partition coefficient (Wildman–Crippen LogP) is 1.89. The molecule has 5 heteroatoms. The van der Waals surface area contributed by atoms with Gasteiger partial charge in [-0.05, 0) is 65.2 Å². The third kappa shape index (κ3) is 7.24. The predicted molar refractivity (Wildman–Crippen MR) is 105 cm³/mol. The van der Waals surface area contributed by atoms with Gasteiger partial charge in [-0.2, -0.15) is 0 Å². The number of hydrogen-bond donors (Lipinski definition) is 1. The largest absolute Gasteiger partial charge is 0.356 e. The summed E-state index contributed by atoms with van der Waals surface area (Å²) < 4.78 is 0. The van der Waals surface area contributed by atoms with Crippen molar-refractivity contribution < 1.29 is 4.79 Å². The number of piperidine rings is 1. The van der Waals surface area contributed by atoms with E-state index in [1.807, 2.05) is 13.8 Å². The number of nitrogens with zero attached hydrogens (tertiary/aromatic N) is 3. The van der Waals surface area contributed by atoms with E-state index in [0.717, 1.165) is 6.54 Å². The minimum absolute atomic E-state index is 0.0995. The highest BCUT2D eigenvalue weighted by molar-refractivity contribution is 5.77. The van der Waals surface area contributed by atoms with E-state index >= 15 is 0 Å². The van der Waals surface area contributed by atoms with Gasteiger partial charge in [-0.15, -0.1) is 0 Å². The van der Waals surface area contributed by atoms with Crippen LogP contribution in [0.2, 0.25) is 0 Å². The van der Waals surface area contributed by atoms with E-state index in [1.165, 1.54) is 71.6 Å². The van der Waals surface area contributed by atoms with Gasteiger partial charge in [0.2, 0.25) is 5.91 Å². The zero-order valence-corrected chi connectivity index (χ0v) is 17.0. The average molecular weight is 353 g/mol. The van der Waals surface area contributed by atoms with E-state index in [4.69, 9.17) is 0 Å². The van der Waals surface area contributed by atoms with Crippen molar-refractivity contribution in [1.82, 2.24) is 20.0 Å². The Bertz CT molecular complexity index is 383. The number of amides is 1. The third-order valence-electron chi connectivity index (χ3n) is 5.88. The fourth-order valence-electron chi connectivity index (χ4n) is 3.88. The Labute approximate surface area is 155 Å². The Morgan fingerprint density at radius 2 is 1.48 bits per heavy atom. The van der Waals surface area contributed by atoms with E-state index in [0.29, 0.717) is 12.0 Å². The van der Waals surface area contributed by atoms with Crippen molar-refractivity contribution >= 4 is 5.91 Å². The lowest BCUT2D eigenvalue weighted by atomic mass is 9.96. The van der Waals surface area contributed by atoms with Crippen LogP contribution in [0.1, 0.15) is 47.0 Å². The molecule has 0 bridgehead atoms. The third-order valence-corrected chi connectivity index (χ3v) is 5.88. The first-order valence-electron chi connectivity index (χ1n) is 10.4. The van der Waals surface area contributed by atoms with Crippen LogP contribution in [0, 0.1) is 11.8 Å². The van der Waals surface area contributed by atoms with E-state index in [-0.39, 0.29) is 11.8 Å². The van der Waals surface area contributed by atoms with Crippen LogP contribution < -0.4 is 5.32 Å². The molecule has 0 spiro atoms. The molecule has 0 atom stereocenters. The summed E-state index contributed by atoms with van der Waals surface area (Å²) in [6, 6.07) is 0.689. The van der Waals surface area contributed by atoms with Gasteiger partial charge in [0, 0.05) is 44.7 Å². The summed E-state index contributed by atoms with van der Waals surface area (Å²) in [7, 11) is 0. The van der Waals surface area contributed by atoms with Gasteiger partial charge in [0.05, 0.1) is 0 Å². The van der Waals surface area contributed by atoms with Crippen molar-refractivity contribution in [3.05, 3.63) is 0 Å². The number of nitrogens with one attached hydrogen (secondary N) is 1. The molecular formula is C20H40N4O. The fourth-order valence-corrected chi connectivity index (χ4v) is 3.88. The monoisotopic (exact) mass is 352 g/mol. The molecule has 2 heterocycles. The number of carbonyl (C=O) groups is 1. The SMILES string of the molecule is CC(C)C(=O)NCC1CCN(CCCN2CCN(C(C)C)CC2)CC1. The summed E-state index contributed by atoms with van der Waals surface area (Å²) in [4.78, 5) is 19.5. The maximum atomic E-state index is 11.7. The molecule has 1 N–H and O–H groups in total. The molecule has 146 valence electrons. The van der Waals surface area contributed by atoms with Gasteiger partial charge in [-0.3, -0.25) is 9.69 Å². The molecule has 0 unspecified atom stereocenters. The molecule has 0 saturated carbocycles. The van der Waals surface area contributed by atoms with Crippen molar-refractivity contribution in [1.29, 1.82) is 0 Å². The molecular weight excluding hydrogens is 312 g/mol. The van der Waals surface area contributed by atoms with Gasteiger partial charge in [0.25, 0.3) is 0 Å². The summed E-state index contributed by atoms with van der Waals surface area (Å²) in [5, 5.41) is 3.10. The van der Waals surface area contributed by atoms with Crippen molar-refractivity contribution in [2.45, 2.75) is 53.0 Å². The first kappa shape index (κ1) is 20.7. The molecule has 2 fully saturated rings. The topological polar surface area (TPSA) is 38.8 Å². The molecule has 2 rings (SSSR count). The van der Waals surface area contributed by atoms with Crippen LogP contribution in [0.4, 0.5) is 0 Å². The van der Waals surface area contributed by atoms with Crippen molar-refractivity contribution in [2.24, 2.45) is 11.8 Å². The molecule has 0 aromatic carbocycles. The normalized spacial score (nSPS) is 22.0. The van der Waals surface area contributed by atoms with Gasteiger partial charge in [0.1, 0.15) is 0 Å². The summed E-state index contributed by atoms with van der Waals surface area (Å²) in [6.07, 6.45) is 3.74. The van der Waals surface area contributed by atoms with Crippen molar-refractivity contribution in [2.75, 3.05) is 58.9 Å². The van der Waals surface area contributed by atoms with Crippen LogP contribution in [0.15, 0.2) is 0 Å². The van der Waals surface area contributed by atoms with Crippen LogP contribution in [0.5, 0.6) is 0 Å². The molecule has 0 aromatic rings. The molecule has 2 aliphatic rings. The zero-order chi connectivity index (χ0) is 18.2. The Hall–Kier alpha value is -0.650. The second-order valence-corrected chi connectivity index (χ2v) is 8.51. The Morgan fingerprint density at radius 3 is 2.00 bits per heavy atom. The summed E-state index contributed by atoms with van der Waals surface area (Å²) in [5.74, 6) is 0.963. The number of hydrogen-bond acceptors (Lipinski definition) is 4. The van der Waals surface area contributed by atoms with E-state index < -0.39 is 0 Å². The Kier molecular flexibility index (Phi) is 8.67. The Morgan fingerprint density at radius 1 is 0.920 bits per heavy atom. The quantitative estimate of drug-likeness (QED) is 0.724. The molecule has 25 heavy (non-hydrogen) atoms. The molecule has 0 radical (unpaired) electrons. The van der Waals surface area contributed by atoms with E-state index in [9.17, 15) is 4.79 Å². The second kappa shape index (κ2) is 10.5. The maximum absolute atomic E-state index is 11.7. The van der Waals surface area contributed by atoms with E-state index in [2.05, 4.69) is 33.9 Å². The number of carbonyl (C=O) groups excluding carboxylic acids is 1. The number of rotatable bonds is 8. The van der Waals surface area contributed by atoms with Crippen LogP contribution in [0.25, 0.3) is 0 Å². The van der Waals surface area contributed by atoms with E-state index in [1.54, 1.807) is 0 Å². The van der Waals surface area contributed by atoms with Crippen LogP contribution in [-0.2, 0) is 4.79 Å². The first-order valence-corrected chi connectivity index (χ1v) is 10.4. The highest BCUT2D eigenvalue weighted by Gasteiger charge is 2.21. The van der Waals surface area contributed by atoms with Crippen molar-refractivity contribution in [3.63, 3.8) is 0 Å². The average Bonchev–Trinajstić information content (AvgIpc) is 2.61. The lowest BCUT2D eigenvalue weighted by Crippen LogP contribution is -2.49. The summed E-state index contributed by atoms with van der Waals surface area (Å²) in [5.41, 5.74) is 0. The molecule has 5 nitrogen and oxygen atoms in total. The number of piperazine rings is 1. The lowest BCUT2D eigenvalue weighted by Gasteiger charge is -2.37. The lowest BCUT2D eigenvalue weighted by molar-refractivity contribution is -0.124. The van der Waals surface area contributed by atoms with Crippen LogP contribution in [-0.4, -0.2) is 85.6 Å². The molecule has 2 saturated heterocycles. The van der Waals surface area contributed by atoms with Crippen LogP contribution in [0.3, 0.4) is 0 Å². The van der Waals surface area contributed by atoms with Gasteiger partial charge in [-0.1, -0.05) is 13.8 Å². The van der Waals surface area contributed by atoms with Gasteiger partial charge >= 0.3 is 0 Å². The molecule has 1 amide bonds. The molecule has 0 aliphatic carbocycles. The smallest absolute Gasteiger partial charge is 0.222 e. The minimum Gasteiger partial charge on any atom is -0.356 e. The molecule has 2 aliphatic heterocycles. The fraction of sp³-hybridized carbons (Fsp3) is 0.950. The summed E-state index contributed by atoms with van der Waals surface area (Å²) >= 11 is 0. The Balaban J connectivity index is 1.52. The van der Waals surface area contributed by atoms with Crippen LogP contribution >= 0.6 is 0 Å². The van der Waals surface area contributed by atoms with Gasteiger partial charge < -0.3 is 15.1 Å². The van der Waals surface area contributed by atoms with Crippen molar-refractivity contribution in [3.8, 4) is 0 Å². The number of likely N-dealkylation sites (tertiary alicyclic amines) is 1. The highest BCUT2D eigenvalue weighted by atomic mass is 16.1. The molecule has 0 aromatic heterocycles.